The van der Waals surface area contributed by atoms with Crippen LogP contribution in [0.5, 0.6) is 11.5 Å². The number of carbonyl (C=O) groups excluding carboxylic acids is 3. The summed E-state index contributed by atoms with van der Waals surface area (Å²) in [7, 11) is -4.07. The average molecular weight is 650 g/mol. The van der Waals surface area contributed by atoms with Gasteiger partial charge in [0.1, 0.15) is 30.2 Å². The highest BCUT2D eigenvalue weighted by molar-refractivity contribution is 7.55. The molecule has 1 fully saturated rings. The van der Waals surface area contributed by atoms with Crippen LogP contribution in [0.3, 0.4) is 0 Å². The van der Waals surface area contributed by atoms with Crippen LogP contribution >= 0.6 is 7.60 Å². The van der Waals surface area contributed by atoms with Gasteiger partial charge in [-0.1, -0.05) is 101 Å². The van der Waals surface area contributed by atoms with Crippen molar-refractivity contribution < 1.29 is 32.7 Å². The maximum absolute atomic E-state index is 14.6. The second-order valence-corrected chi connectivity index (χ2v) is 14.7. The lowest BCUT2D eigenvalue weighted by Crippen LogP contribution is -2.58. The van der Waals surface area contributed by atoms with E-state index in [1.54, 1.807) is 48.5 Å². The summed E-state index contributed by atoms with van der Waals surface area (Å²) in [5, 5.41) is 5.66. The summed E-state index contributed by atoms with van der Waals surface area (Å²) in [5.74, 6) is -1.61. The van der Waals surface area contributed by atoms with Crippen LogP contribution in [0, 0.1) is 11.3 Å². The number of rotatable bonds is 12. The van der Waals surface area contributed by atoms with Gasteiger partial charge < -0.3 is 29.3 Å². The number of nitrogens with zero attached hydrogens (tertiary/aromatic N) is 1. The van der Waals surface area contributed by atoms with E-state index in [9.17, 15) is 18.9 Å². The standard InChI is InChI=1S/C35H44N3O7P/c1-25(2)32(46(42,44-27-18-11-7-12-19-27)45-28-20-13-8-14-21-28)37-31(39)29-22-15-23-38(29)33(40)30(35(3,4)5)36-34(41)43-24-26-16-9-6-10-17-26/h6-14,16-21,25,29-30,32H,15,22-24H2,1-5H3,(H,36,41)(H,37,39)/t29-,30+,32?/m0/s1. The number of carbonyl (C=O) groups is 3. The molecule has 46 heavy (non-hydrogen) atoms. The Balaban J connectivity index is 1.52. The number of amides is 3. The molecule has 0 aromatic heterocycles. The van der Waals surface area contributed by atoms with Gasteiger partial charge in [-0.2, -0.15) is 0 Å². The van der Waals surface area contributed by atoms with Crippen molar-refractivity contribution in [3.05, 3.63) is 96.6 Å². The minimum atomic E-state index is -4.07. The number of benzene rings is 3. The lowest BCUT2D eigenvalue weighted by Gasteiger charge is -2.36. The Hall–Kier alpha value is -4.30. The molecular formula is C35H44N3O7P. The van der Waals surface area contributed by atoms with E-state index in [0.29, 0.717) is 30.9 Å². The van der Waals surface area contributed by atoms with Crippen molar-refractivity contribution in [3.8, 4) is 11.5 Å². The van der Waals surface area contributed by atoms with Crippen LogP contribution in [0.2, 0.25) is 0 Å². The van der Waals surface area contributed by atoms with Crippen molar-refractivity contribution in [2.24, 2.45) is 11.3 Å². The molecule has 246 valence electrons. The van der Waals surface area contributed by atoms with Gasteiger partial charge >= 0.3 is 13.7 Å². The number of para-hydroxylation sites is 2. The minimum Gasteiger partial charge on any atom is -0.445 e. The highest BCUT2D eigenvalue weighted by Crippen LogP contribution is 2.54. The molecular weight excluding hydrogens is 605 g/mol. The predicted octanol–water partition coefficient (Wildman–Crippen LogP) is 6.77. The zero-order valence-electron chi connectivity index (χ0n) is 27.1. The summed E-state index contributed by atoms with van der Waals surface area (Å²) >= 11 is 0. The summed E-state index contributed by atoms with van der Waals surface area (Å²) < 4.78 is 32.0. The molecule has 3 amide bonds. The molecule has 3 aromatic carbocycles. The topological polar surface area (TPSA) is 123 Å². The Bertz CT molecular complexity index is 1450. The fourth-order valence-corrected chi connectivity index (χ4v) is 7.35. The fraction of sp³-hybridized carbons (Fsp3) is 0.400. The zero-order valence-corrected chi connectivity index (χ0v) is 27.9. The lowest BCUT2D eigenvalue weighted by atomic mass is 9.85. The van der Waals surface area contributed by atoms with Crippen LogP contribution in [0.15, 0.2) is 91.0 Å². The third-order valence-electron chi connectivity index (χ3n) is 7.64. The first kappa shape index (κ1) is 34.6. The van der Waals surface area contributed by atoms with E-state index >= 15 is 0 Å². The van der Waals surface area contributed by atoms with Crippen molar-refractivity contribution in [1.29, 1.82) is 0 Å². The monoisotopic (exact) mass is 649 g/mol. The van der Waals surface area contributed by atoms with E-state index < -0.39 is 48.8 Å². The van der Waals surface area contributed by atoms with Crippen molar-refractivity contribution in [3.63, 3.8) is 0 Å². The molecule has 3 aromatic rings. The molecule has 0 bridgehead atoms. The van der Waals surface area contributed by atoms with Crippen LogP contribution in [0.25, 0.3) is 0 Å². The second kappa shape index (κ2) is 15.3. The van der Waals surface area contributed by atoms with Gasteiger partial charge in [0.2, 0.25) is 11.8 Å². The van der Waals surface area contributed by atoms with Crippen LogP contribution in [-0.4, -0.2) is 47.2 Å². The summed E-state index contributed by atoms with van der Waals surface area (Å²) in [6, 6.07) is 24.8. The summed E-state index contributed by atoms with van der Waals surface area (Å²) in [6.07, 6.45) is 0.264. The van der Waals surface area contributed by atoms with Gasteiger partial charge in [0, 0.05) is 6.54 Å². The van der Waals surface area contributed by atoms with Crippen LogP contribution in [-0.2, 0) is 25.5 Å². The number of hydrogen-bond donors (Lipinski definition) is 2. The Morgan fingerprint density at radius 2 is 1.37 bits per heavy atom. The molecule has 1 heterocycles. The largest absolute Gasteiger partial charge is 0.453 e. The smallest absolute Gasteiger partial charge is 0.445 e. The highest BCUT2D eigenvalue weighted by Gasteiger charge is 2.46. The fourth-order valence-electron chi connectivity index (χ4n) is 5.24. The van der Waals surface area contributed by atoms with Crippen molar-refractivity contribution >= 4 is 25.5 Å². The molecule has 1 aliphatic rings. The second-order valence-electron chi connectivity index (χ2n) is 12.7. The summed E-state index contributed by atoms with van der Waals surface area (Å²) in [4.78, 5) is 42.2. The summed E-state index contributed by atoms with van der Waals surface area (Å²) in [5.41, 5.74) is 0.132. The van der Waals surface area contributed by atoms with Crippen molar-refractivity contribution in [2.75, 3.05) is 6.54 Å². The average Bonchev–Trinajstić information content (AvgIpc) is 3.52. The molecule has 10 nitrogen and oxygen atoms in total. The van der Waals surface area contributed by atoms with Gasteiger partial charge in [-0.15, -0.1) is 0 Å². The predicted molar refractivity (Wildman–Crippen MR) is 176 cm³/mol. The van der Waals surface area contributed by atoms with Gasteiger partial charge in [-0.05, 0) is 54.0 Å². The van der Waals surface area contributed by atoms with E-state index in [2.05, 4.69) is 10.6 Å². The molecule has 4 rings (SSSR count). The lowest BCUT2D eigenvalue weighted by molar-refractivity contribution is -0.142. The third-order valence-corrected chi connectivity index (χ3v) is 9.98. The molecule has 0 spiro atoms. The molecule has 1 aliphatic heterocycles. The normalized spacial score (nSPS) is 16.3. The van der Waals surface area contributed by atoms with Crippen molar-refractivity contribution in [2.45, 2.75) is 71.9 Å². The Kier molecular flexibility index (Phi) is 11.5. The number of ether oxygens (including phenoxy) is 1. The van der Waals surface area contributed by atoms with E-state index in [1.807, 2.05) is 77.1 Å². The van der Waals surface area contributed by atoms with E-state index in [4.69, 9.17) is 13.8 Å². The number of likely N-dealkylation sites (tertiary alicyclic amines) is 1. The van der Waals surface area contributed by atoms with E-state index in [-0.39, 0.29) is 12.5 Å². The molecule has 11 heteroatoms. The van der Waals surface area contributed by atoms with Crippen molar-refractivity contribution in [1.82, 2.24) is 15.5 Å². The molecule has 1 saturated heterocycles. The number of hydrogen-bond acceptors (Lipinski definition) is 7. The first-order chi connectivity index (χ1) is 21.9. The van der Waals surface area contributed by atoms with Crippen LogP contribution < -0.4 is 19.7 Å². The number of nitrogens with one attached hydrogen (secondary N) is 2. The van der Waals surface area contributed by atoms with Gasteiger partial charge in [0.25, 0.3) is 0 Å². The Morgan fingerprint density at radius 1 is 0.848 bits per heavy atom. The van der Waals surface area contributed by atoms with Gasteiger partial charge in [0.05, 0.1) is 0 Å². The maximum Gasteiger partial charge on any atom is 0.453 e. The number of alkyl carbamates (subject to hydrolysis) is 1. The van der Waals surface area contributed by atoms with Gasteiger partial charge in [-0.3, -0.25) is 9.59 Å². The first-order valence-corrected chi connectivity index (χ1v) is 17.2. The van der Waals surface area contributed by atoms with Crippen LogP contribution in [0.4, 0.5) is 4.79 Å². The van der Waals surface area contributed by atoms with Gasteiger partial charge in [0.15, 0.2) is 5.78 Å². The quantitative estimate of drug-likeness (QED) is 0.208. The first-order valence-electron chi connectivity index (χ1n) is 15.5. The molecule has 2 N–H and O–H groups in total. The van der Waals surface area contributed by atoms with Crippen LogP contribution in [0.1, 0.15) is 53.0 Å². The highest BCUT2D eigenvalue weighted by atomic mass is 31.2. The van der Waals surface area contributed by atoms with E-state index in [1.165, 1.54) is 4.90 Å². The molecule has 1 unspecified atom stereocenters. The molecule has 0 saturated carbocycles. The zero-order chi connectivity index (χ0) is 33.3. The summed E-state index contributed by atoms with van der Waals surface area (Å²) in [6.45, 7) is 9.53. The SMILES string of the molecule is CC(C)C(NC(=O)[C@@H]1CCCN1C(=O)[C@@H](NC(=O)OCc1ccccc1)C(C)(C)C)P(=O)(Oc1ccccc1)Oc1ccccc1. The van der Waals surface area contributed by atoms with E-state index in [0.717, 1.165) is 5.56 Å². The maximum atomic E-state index is 14.6. The molecule has 0 radical (unpaired) electrons. The molecule has 0 aliphatic carbocycles. The Morgan fingerprint density at radius 3 is 1.87 bits per heavy atom. The third kappa shape index (κ3) is 9.13. The minimum absolute atomic E-state index is 0.0548. The van der Waals surface area contributed by atoms with Gasteiger partial charge in [-0.25, -0.2) is 9.36 Å². The Labute approximate surface area is 271 Å². The molecule has 3 atom stereocenters.